The van der Waals surface area contributed by atoms with E-state index in [1.807, 2.05) is 12.1 Å². The maximum atomic E-state index is 11.7. The molecule has 2 rings (SSSR count). The van der Waals surface area contributed by atoms with Crippen LogP contribution in [0.1, 0.15) is 21.0 Å². The second-order valence-corrected chi connectivity index (χ2v) is 4.59. The smallest absolute Gasteiger partial charge is 0.374 e. The number of anilines is 1. The molecule has 2 aromatic rings. The highest BCUT2D eigenvalue weighted by atomic mass is 127. The van der Waals surface area contributed by atoms with Crippen molar-refractivity contribution in [3.8, 4) is 0 Å². The Labute approximate surface area is 115 Å². The molecule has 18 heavy (non-hydrogen) atoms. The number of aromatic nitrogens is 1. The summed E-state index contributed by atoms with van der Waals surface area (Å²) in [6.45, 7) is 0. The van der Waals surface area contributed by atoms with Gasteiger partial charge in [-0.15, -0.1) is 0 Å². The number of nitrogens with one attached hydrogen (secondary N) is 1. The van der Waals surface area contributed by atoms with Gasteiger partial charge in [0.1, 0.15) is 0 Å². The van der Waals surface area contributed by atoms with Crippen molar-refractivity contribution in [1.82, 2.24) is 5.16 Å². The second kappa shape index (κ2) is 5.17. The van der Waals surface area contributed by atoms with Gasteiger partial charge in [-0.25, -0.2) is 4.79 Å². The van der Waals surface area contributed by atoms with E-state index in [0.717, 1.165) is 9.64 Å². The predicted molar refractivity (Wildman–Crippen MR) is 70.6 cm³/mol. The standard InChI is InChI=1S/C11H7IN2O4/c12-6-1-3-7(4-2-6)13-10(15)8-5-9(11(16)17)18-14-8/h1-5H,(H,13,15)(H,16,17). The fourth-order valence-corrected chi connectivity index (χ4v) is 1.57. The summed E-state index contributed by atoms with van der Waals surface area (Å²) in [5.74, 6) is -2.16. The number of carbonyl (C=O) groups is 2. The second-order valence-electron chi connectivity index (χ2n) is 3.34. The zero-order valence-electron chi connectivity index (χ0n) is 8.88. The van der Waals surface area contributed by atoms with Gasteiger partial charge >= 0.3 is 5.97 Å². The van der Waals surface area contributed by atoms with Crippen LogP contribution in [-0.4, -0.2) is 22.1 Å². The highest BCUT2D eigenvalue weighted by Crippen LogP contribution is 2.12. The van der Waals surface area contributed by atoms with Gasteiger partial charge in [0.25, 0.3) is 5.91 Å². The zero-order valence-corrected chi connectivity index (χ0v) is 11.0. The Bertz CT molecular complexity index is 591. The van der Waals surface area contributed by atoms with Crippen LogP contribution < -0.4 is 5.32 Å². The molecule has 0 saturated heterocycles. The fourth-order valence-electron chi connectivity index (χ4n) is 1.21. The molecule has 1 amide bonds. The van der Waals surface area contributed by atoms with E-state index < -0.39 is 11.9 Å². The molecule has 92 valence electrons. The van der Waals surface area contributed by atoms with E-state index in [4.69, 9.17) is 5.11 Å². The SMILES string of the molecule is O=C(Nc1ccc(I)cc1)c1cc(C(=O)O)on1. The largest absolute Gasteiger partial charge is 0.475 e. The van der Waals surface area contributed by atoms with E-state index in [-0.39, 0.29) is 11.5 Å². The molecular formula is C11H7IN2O4. The Morgan fingerprint density at radius 3 is 2.50 bits per heavy atom. The Kier molecular flexibility index (Phi) is 3.60. The van der Waals surface area contributed by atoms with E-state index in [1.165, 1.54) is 0 Å². The number of benzene rings is 1. The third-order valence-electron chi connectivity index (χ3n) is 2.06. The summed E-state index contributed by atoms with van der Waals surface area (Å²) in [6.07, 6.45) is 0. The number of nitrogens with zero attached hydrogens (tertiary/aromatic N) is 1. The lowest BCUT2D eigenvalue weighted by Gasteiger charge is -2.01. The van der Waals surface area contributed by atoms with Crippen molar-refractivity contribution in [2.45, 2.75) is 0 Å². The minimum absolute atomic E-state index is 0.0778. The summed E-state index contributed by atoms with van der Waals surface area (Å²) in [4.78, 5) is 22.3. The summed E-state index contributed by atoms with van der Waals surface area (Å²) >= 11 is 2.15. The van der Waals surface area contributed by atoms with E-state index in [2.05, 4.69) is 37.6 Å². The third-order valence-corrected chi connectivity index (χ3v) is 2.77. The van der Waals surface area contributed by atoms with Crippen molar-refractivity contribution < 1.29 is 19.2 Å². The monoisotopic (exact) mass is 358 g/mol. The third kappa shape index (κ3) is 2.86. The average Bonchev–Trinajstić information content (AvgIpc) is 2.81. The van der Waals surface area contributed by atoms with Gasteiger partial charge in [-0.05, 0) is 46.9 Å². The van der Waals surface area contributed by atoms with E-state index in [9.17, 15) is 9.59 Å². The first kappa shape index (κ1) is 12.6. The summed E-state index contributed by atoms with van der Waals surface area (Å²) in [5.41, 5.74) is 0.520. The molecule has 6 nitrogen and oxygen atoms in total. The molecule has 7 heteroatoms. The number of carboxylic acids is 1. The first-order valence-corrected chi connectivity index (χ1v) is 5.91. The van der Waals surface area contributed by atoms with Crippen molar-refractivity contribution in [2.24, 2.45) is 0 Å². The number of hydrogen-bond acceptors (Lipinski definition) is 4. The van der Waals surface area contributed by atoms with Gasteiger partial charge in [-0.3, -0.25) is 4.79 Å². The van der Waals surface area contributed by atoms with Crippen molar-refractivity contribution in [1.29, 1.82) is 0 Å². The van der Waals surface area contributed by atoms with Crippen LogP contribution in [0.4, 0.5) is 5.69 Å². The van der Waals surface area contributed by atoms with Crippen molar-refractivity contribution in [3.05, 3.63) is 45.4 Å². The summed E-state index contributed by atoms with van der Waals surface area (Å²) < 4.78 is 5.53. The number of amides is 1. The zero-order chi connectivity index (χ0) is 13.1. The van der Waals surface area contributed by atoms with Gasteiger partial charge in [-0.1, -0.05) is 5.16 Å². The number of hydrogen-bond donors (Lipinski definition) is 2. The normalized spacial score (nSPS) is 10.1. The molecule has 0 aliphatic rings. The van der Waals surface area contributed by atoms with E-state index in [1.54, 1.807) is 12.1 Å². The van der Waals surface area contributed by atoms with Gasteiger partial charge in [0.2, 0.25) is 5.76 Å². The topological polar surface area (TPSA) is 92.4 Å². The maximum Gasteiger partial charge on any atom is 0.374 e. The fraction of sp³-hybridized carbons (Fsp3) is 0. The minimum Gasteiger partial charge on any atom is -0.475 e. The average molecular weight is 358 g/mol. The first-order valence-electron chi connectivity index (χ1n) is 4.83. The molecule has 1 aromatic heterocycles. The molecule has 0 saturated carbocycles. The van der Waals surface area contributed by atoms with Gasteiger partial charge < -0.3 is 14.9 Å². The Morgan fingerprint density at radius 2 is 1.94 bits per heavy atom. The summed E-state index contributed by atoms with van der Waals surface area (Å²) in [6, 6.07) is 8.21. The summed E-state index contributed by atoms with van der Waals surface area (Å²) in [7, 11) is 0. The van der Waals surface area contributed by atoms with Crippen molar-refractivity contribution in [3.63, 3.8) is 0 Å². The molecule has 2 N–H and O–H groups in total. The molecule has 0 fully saturated rings. The lowest BCUT2D eigenvalue weighted by Crippen LogP contribution is -2.12. The van der Waals surface area contributed by atoms with Gasteiger partial charge in [0.05, 0.1) is 0 Å². The molecule has 1 heterocycles. The number of rotatable bonds is 3. The molecule has 0 atom stereocenters. The van der Waals surface area contributed by atoms with Crippen LogP contribution in [-0.2, 0) is 0 Å². The van der Waals surface area contributed by atoms with E-state index >= 15 is 0 Å². The predicted octanol–water partition coefficient (Wildman–Crippen LogP) is 2.23. The molecule has 0 aliphatic heterocycles. The van der Waals surface area contributed by atoms with Gasteiger partial charge in [0, 0.05) is 15.3 Å². The van der Waals surface area contributed by atoms with Crippen LogP contribution in [0.3, 0.4) is 0 Å². The Morgan fingerprint density at radius 1 is 1.28 bits per heavy atom. The molecule has 0 spiro atoms. The van der Waals surface area contributed by atoms with Crippen LogP contribution >= 0.6 is 22.6 Å². The number of aromatic carboxylic acids is 1. The lowest BCUT2D eigenvalue weighted by atomic mass is 10.3. The van der Waals surface area contributed by atoms with Crippen LogP contribution in [0.2, 0.25) is 0 Å². The molecule has 1 aromatic carbocycles. The van der Waals surface area contributed by atoms with Crippen molar-refractivity contribution >= 4 is 40.2 Å². The van der Waals surface area contributed by atoms with Gasteiger partial charge in [-0.2, -0.15) is 0 Å². The van der Waals surface area contributed by atoms with Crippen LogP contribution in [0.5, 0.6) is 0 Å². The van der Waals surface area contributed by atoms with Crippen LogP contribution in [0.15, 0.2) is 34.9 Å². The molecule has 0 bridgehead atoms. The summed E-state index contributed by atoms with van der Waals surface area (Å²) in [5, 5.41) is 14.6. The maximum absolute atomic E-state index is 11.7. The number of carbonyl (C=O) groups excluding carboxylic acids is 1. The van der Waals surface area contributed by atoms with Crippen molar-refractivity contribution in [2.75, 3.05) is 5.32 Å². The Hall–Kier alpha value is -1.90. The molecular weight excluding hydrogens is 351 g/mol. The molecule has 0 radical (unpaired) electrons. The lowest BCUT2D eigenvalue weighted by molar-refractivity contribution is 0.0651. The van der Waals surface area contributed by atoms with Crippen LogP contribution in [0, 0.1) is 3.57 Å². The molecule has 0 aliphatic carbocycles. The molecule has 0 unspecified atom stereocenters. The quantitative estimate of drug-likeness (QED) is 0.821. The minimum atomic E-state index is -1.27. The van der Waals surface area contributed by atoms with Gasteiger partial charge in [0.15, 0.2) is 5.69 Å². The number of carboxylic acid groups (broad SMARTS) is 1. The highest BCUT2D eigenvalue weighted by Gasteiger charge is 2.16. The number of halogens is 1. The Balaban J connectivity index is 2.11. The highest BCUT2D eigenvalue weighted by molar-refractivity contribution is 14.1. The van der Waals surface area contributed by atoms with E-state index in [0.29, 0.717) is 5.69 Å². The van der Waals surface area contributed by atoms with Crippen LogP contribution in [0.25, 0.3) is 0 Å². The first-order chi connectivity index (χ1) is 8.56.